The first-order chi connectivity index (χ1) is 16.2. The molecule has 3 rings (SSSR count). The van der Waals surface area contributed by atoms with E-state index in [0.717, 1.165) is 11.1 Å². The van der Waals surface area contributed by atoms with Crippen LogP contribution < -0.4 is 0 Å². The molecule has 0 aliphatic carbocycles. The van der Waals surface area contributed by atoms with E-state index in [2.05, 4.69) is 4.98 Å². The van der Waals surface area contributed by atoms with E-state index in [1.807, 2.05) is 51.1 Å². The number of nitro groups is 1. The second-order valence-corrected chi connectivity index (χ2v) is 10.5. The van der Waals surface area contributed by atoms with Gasteiger partial charge in [0.2, 0.25) is 0 Å². The fourth-order valence-corrected chi connectivity index (χ4v) is 4.98. The zero-order valence-corrected chi connectivity index (χ0v) is 20.4. The average Bonchev–Trinajstić information content (AvgIpc) is 2.80. The molecule has 2 aromatic rings. The van der Waals surface area contributed by atoms with E-state index < -0.39 is 17.0 Å². The third kappa shape index (κ3) is 6.88. The van der Waals surface area contributed by atoms with Gasteiger partial charge in [0.15, 0.2) is 6.29 Å². The van der Waals surface area contributed by atoms with Crippen molar-refractivity contribution in [3.63, 3.8) is 0 Å². The molecular weight excluding hydrogens is 456 g/mol. The smallest absolute Gasteiger partial charge is 0.303 e. The van der Waals surface area contributed by atoms with Crippen molar-refractivity contribution in [3.8, 4) is 0 Å². The standard InChI is InChI=1S/C25H30N2O6S/c1-17-11-12-21(20(14-17)27(30)31)34-25(2,3)24-32-16-19(8-5-4-6-10-22(28)29)23(33-24)18-9-7-13-26-15-18/h4-5,7,9,11-15,19,23-24H,6,8,10,16H2,1-3H3,(H,28,29)/b5-4-/t19-,23-,24+/m0/s1. The Hall–Kier alpha value is -2.75. The van der Waals surface area contributed by atoms with Crippen LogP contribution in [0.2, 0.25) is 0 Å². The monoisotopic (exact) mass is 486 g/mol. The van der Waals surface area contributed by atoms with Gasteiger partial charge in [-0.25, -0.2) is 0 Å². The van der Waals surface area contributed by atoms with E-state index in [4.69, 9.17) is 14.6 Å². The van der Waals surface area contributed by atoms with Crippen LogP contribution in [0, 0.1) is 23.0 Å². The molecule has 1 aliphatic heterocycles. The van der Waals surface area contributed by atoms with E-state index in [9.17, 15) is 14.9 Å². The average molecular weight is 487 g/mol. The Kier molecular flexibility index (Phi) is 8.82. The summed E-state index contributed by atoms with van der Waals surface area (Å²) in [5.74, 6) is -0.797. The number of hydrogen-bond donors (Lipinski definition) is 1. The SMILES string of the molecule is Cc1ccc(SC(C)(C)[C@@H]2OC[C@H](C/C=C\CCC(=O)O)[C@H](c3cccnc3)O2)c([N+](=O)[O-])c1. The van der Waals surface area contributed by atoms with Crippen molar-refractivity contribution in [2.45, 2.75) is 62.1 Å². The number of carboxylic acid groups (broad SMARTS) is 1. The van der Waals surface area contributed by atoms with Gasteiger partial charge in [0.05, 0.1) is 27.3 Å². The number of carboxylic acids is 1. The summed E-state index contributed by atoms with van der Waals surface area (Å²) in [7, 11) is 0. The van der Waals surface area contributed by atoms with Crippen LogP contribution in [-0.2, 0) is 14.3 Å². The highest BCUT2D eigenvalue weighted by atomic mass is 32.2. The first-order valence-corrected chi connectivity index (χ1v) is 12.0. The Bertz CT molecular complexity index is 1030. The summed E-state index contributed by atoms with van der Waals surface area (Å²) in [5, 5.41) is 20.4. The fourth-order valence-electron chi connectivity index (χ4n) is 3.82. The summed E-state index contributed by atoms with van der Waals surface area (Å²) in [6.07, 6.45) is 7.69. The molecule has 9 heteroatoms. The highest BCUT2D eigenvalue weighted by Crippen LogP contribution is 2.45. The van der Waals surface area contributed by atoms with E-state index in [1.54, 1.807) is 24.5 Å². The number of nitrogens with zero attached hydrogens (tertiary/aromatic N) is 2. The Morgan fingerprint density at radius 1 is 1.35 bits per heavy atom. The molecule has 0 bridgehead atoms. The number of aliphatic carboxylic acids is 1. The maximum atomic E-state index is 11.6. The molecule has 0 spiro atoms. The van der Waals surface area contributed by atoms with Crippen LogP contribution in [0.15, 0.2) is 59.8 Å². The zero-order chi connectivity index (χ0) is 24.7. The highest BCUT2D eigenvalue weighted by molar-refractivity contribution is 8.00. The third-order valence-corrected chi connectivity index (χ3v) is 6.84. The minimum absolute atomic E-state index is 0.0241. The predicted octanol–water partition coefficient (Wildman–Crippen LogP) is 5.71. The molecule has 0 unspecified atom stereocenters. The molecule has 1 saturated heterocycles. The largest absolute Gasteiger partial charge is 0.481 e. The lowest BCUT2D eigenvalue weighted by atomic mass is 9.92. The Labute approximate surface area is 203 Å². The number of carbonyl (C=O) groups is 1. The van der Waals surface area contributed by atoms with Crippen molar-refractivity contribution >= 4 is 23.4 Å². The van der Waals surface area contributed by atoms with Crippen LogP contribution in [0.1, 0.15) is 50.3 Å². The Balaban J connectivity index is 1.76. The summed E-state index contributed by atoms with van der Waals surface area (Å²) in [5.41, 5.74) is 1.83. The van der Waals surface area contributed by atoms with E-state index in [-0.39, 0.29) is 29.1 Å². The summed E-state index contributed by atoms with van der Waals surface area (Å²) >= 11 is 1.36. The lowest BCUT2D eigenvalue weighted by molar-refractivity contribution is -0.387. The van der Waals surface area contributed by atoms with Crippen LogP contribution in [-0.4, -0.2) is 38.6 Å². The summed E-state index contributed by atoms with van der Waals surface area (Å²) < 4.78 is 12.0. The molecular formula is C25H30N2O6S. The molecule has 0 saturated carbocycles. The molecule has 34 heavy (non-hydrogen) atoms. The molecule has 1 fully saturated rings. The van der Waals surface area contributed by atoms with E-state index in [1.165, 1.54) is 11.8 Å². The number of ether oxygens (including phenoxy) is 2. The summed E-state index contributed by atoms with van der Waals surface area (Å²) in [4.78, 5) is 26.7. The van der Waals surface area contributed by atoms with Crippen LogP contribution in [0.5, 0.6) is 0 Å². The first kappa shape index (κ1) is 25.9. The van der Waals surface area contributed by atoms with Gasteiger partial charge in [-0.3, -0.25) is 19.9 Å². The number of thioether (sulfide) groups is 1. The number of rotatable bonds is 10. The Morgan fingerprint density at radius 2 is 2.15 bits per heavy atom. The van der Waals surface area contributed by atoms with Gasteiger partial charge >= 0.3 is 5.97 Å². The van der Waals surface area contributed by atoms with Gasteiger partial charge in [0.25, 0.3) is 5.69 Å². The lowest BCUT2D eigenvalue weighted by Crippen LogP contribution is -2.45. The highest BCUT2D eigenvalue weighted by Gasteiger charge is 2.42. The number of benzene rings is 1. The second-order valence-electron chi connectivity index (χ2n) is 8.84. The molecule has 1 aromatic carbocycles. The molecule has 182 valence electrons. The van der Waals surface area contributed by atoms with Crippen LogP contribution in [0.25, 0.3) is 0 Å². The molecule has 1 N–H and O–H groups in total. The van der Waals surface area contributed by atoms with Crippen LogP contribution >= 0.6 is 11.8 Å². The van der Waals surface area contributed by atoms with E-state index in [0.29, 0.717) is 24.3 Å². The molecule has 1 aromatic heterocycles. The predicted molar refractivity (Wildman–Crippen MR) is 130 cm³/mol. The maximum Gasteiger partial charge on any atom is 0.303 e. The normalized spacial score (nSPS) is 21.0. The maximum absolute atomic E-state index is 11.6. The van der Waals surface area contributed by atoms with Crippen molar-refractivity contribution in [1.29, 1.82) is 0 Å². The number of allylic oxidation sites excluding steroid dienone is 2. The number of aryl methyl sites for hydroxylation is 1. The van der Waals surface area contributed by atoms with Gasteiger partial charge in [0.1, 0.15) is 0 Å². The molecule has 3 atom stereocenters. The molecule has 1 aliphatic rings. The van der Waals surface area contributed by atoms with Crippen LogP contribution in [0.3, 0.4) is 0 Å². The number of aromatic nitrogens is 1. The fraction of sp³-hybridized carbons (Fsp3) is 0.440. The van der Waals surface area contributed by atoms with Gasteiger partial charge in [-0.05, 0) is 56.9 Å². The van der Waals surface area contributed by atoms with Crippen molar-refractivity contribution in [2.75, 3.05) is 6.61 Å². The zero-order valence-electron chi connectivity index (χ0n) is 19.5. The summed E-state index contributed by atoms with van der Waals surface area (Å²) in [6.45, 7) is 6.18. The number of hydrogen-bond acceptors (Lipinski definition) is 7. The van der Waals surface area contributed by atoms with Gasteiger partial charge in [-0.2, -0.15) is 0 Å². The molecule has 8 nitrogen and oxygen atoms in total. The molecule has 2 heterocycles. The minimum atomic E-state index is -0.821. The van der Waals surface area contributed by atoms with Crippen molar-refractivity contribution in [2.24, 2.45) is 5.92 Å². The quantitative estimate of drug-likeness (QED) is 0.197. The van der Waals surface area contributed by atoms with Crippen molar-refractivity contribution in [3.05, 3.63) is 76.1 Å². The summed E-state index contributed by atoms with van der Waals surface area (Å²) in [6, 6.07) is 9.03. The van der Waals surface area contributed by atoms with Crippen molar-refractivity contribution < 1.29 is 24.3 Å². The van der Waals surface area contributed by atoms with Gasteiger partial charge in [0, 0.05) is 30.8 Å². The van der Waals surface area contributed by atoms with Gasteiger partial charge in [-0.15, -0.1) is 11.8 Å². The van der Waals surface area contributed by atoms with Crippen LogP contribution in [0.4, 0.5) is 5.69 Å². The van der Waals surface area contributed by atoms with Gasteiger partial charge in [-0.1, -0.05) is 24.3 Å². The number of nitro benzene ring substituents is 1. The second kappa shape index (κ2) is 11.6. The molecule has 0 amide bonds. The first-order valence-electron chi connectivity index (χ1n) is 11.1. The lowest BCUT2D eigenvalue weighted by Gasteiger charge is -2.42. The van der Waals surface area contributed by atoms with Gasteiger partial charge < -0.3 is 14.6 Å². The third-order valence-electron chi connectivity index (χ3n) is 5.56. The van der Waals surface area contributed by atoms with Crippen molar-refractivity contribution in [1.82, 2.24) is 4.98 Å². The Morgan fingerprint density at radius 3 is 2.82 bits per heavy atom. The minimum Gasteiger partial charge on any atom is -0.481 e. The number of pyridine rings is 1. The van der Waals surface area contributed by atoms with E-state index >= 15 is 0 Å². The topological polar surface area (TPSA) is 112 Å². The molecule has 0 radical (unpaired) electrons.